The normalized spacial score (nSPS) is 10.3. The van der Waals surface area contributed by atoms with Crippen LogP contribution in [0.15, 0.2) is 33.7 Å². The fourth-order valence-corrected chi connectivity index (χ4v) is 1.82. The number of pyridine rings is 1. The summed E-state index contributed by atoms with van der Waals surface area (Å²) in [5.74, 6) is 0.141. The lowest BCUT2D eigenvalue weighted by molar-refractivity contribution is -0.116. The van der Waals surface area contributed by atoms with Gasteiger partial charge in [-0.1, -0.05) is 0 Å². The number of aromatic amines is 1. The number of hydrogen-bond acceptors (Lipinski definition) is 3. The van der Waals surface area contributed by atoms with E-state index in [9.17, 15) is 9.59 Å². The minimum absolute atomic E-state index is 0.0514. The van der Waals surface area contributed by atoms with E-state index >= 15 is 0 Å². The maximum Gasteiger partial charge on any atom is 0.251 e. The van der Waals surface area contributed by atoms with Gasteiger partial charge < -0.3 is 9.88 Å². The zero-order valence-electron chi connectivity index (χ0n) is 9.61. The Morgan fingerprint density at radius 3 is 3.00 bits per heavy atom. The molecule has 0 aliphatic heterocycles. The van der Waals surface area contributed by atoms with Gasteiger partial charge in [0.05, 0.1) is 0 Å². The second-order valence-corrected chi connectivity index (χ2v) is 4.71. The maximum atomic E-state index is 11.7. The molecule has 2 aromatic rings. The van der Waals surface area contributed by atoms with Gasteiger partial charge in [0.2, 0.25) is 5.91 Å². The van der Waals surface area contributed by atoms with Crippen LogP contribution >= 0.6 is 15.9 Å². The monoisotopic (exact) mass is 310 g/mol. The average Bonchev–Trinajstić information content (AvgIpc) is 2.69. The number of carbonyl (C=O) groups excluding carboxylic acids is 1. The van der Waals surface area contributed by atoms with Crippen LogP contribution in [-0.4, -0.2) is 20.7 Å². The molecular weight excluding hydrogens is 300 g/mol. The molecule has 0 unspecified atom stereocenters. The summed E-state index contributed by atoms with van der Waals surface area (Å²) in [5.41, 5.74) is 0.622. The fourth-order valence-electron chi connectivity index (χ4n) is 1.44. The van der Waals surface area contributed by atoms with Crippen molar-refractivity contribution in [2.24, 2.45) is 0 Å². The molecule has 18 heavy (non-hydrogen) atoms. The number of halogens is 1. The summed E-state index contributed by atoms with van der Waals surface area (Å²) in [6.07, 6.45) is 1.57. The van der Waals surface area contributed by atoms with E-state index in [1.165, 1.54) is 10.6 Å². The van der Waals surface area contributed by atoms with Gasteiger partial charge >= 0.3 is 0 Å². The number of H-pyrrole nitrogens is 1. The van der Waals surface area contributed by atoms with Crippen LogP contribution in [0, 0.1) is 6.92 Å². The first-order valence-corrected chi connectivity index (χ1v) is 6.02. The van der Waals surface area contributed by atoms with Crippen LogP contribution in [0.1, 0.15) is 5.69 Å². The Bertz CT molecular complexity index is 632. The highest BCUT2D eigenvalue weighted by molar-refractivity contribution is 9.10. The third-order valence-corrected chi connectivity index (χ3v) is 2.70. The second-order valence-electron chi connectivity index (χ2n) is 3.80. The molecule has 6 nitrogen and oxygen atoms in total. The predicted octanol–water partition coefficient (Wildman–Crippen LogP) is 1.28. The zero-order valence-corrected chi connectivity index (χ0v) is 11.2. The smallest absolute Gasteiger partial charge is 0.251 e. The van der Waals surface area contributed by atoms with Crippen molar-refractivity contribution in [3.63, 3.8) is 0 Å². The van der Waals surface area contributed by atoms with Crippen LogP contribution < -0.4 is 10.9 Å². The van der Waals surface area contributed by atoms with Crippen LogP contribution in [0.3, 0.4) is 0 Å². The third-order valence-electron chi connectivity index (χ3n) is 2.23. The Hall–Kier alpha value is -1.89. The van der Waals surface area contributed by atoms with Crippen molar-refractivity contribution in [1.82, 2.24) is 14.8 Å². The molecule has 0 saturated heterocycles. The predicted molar refractivity (Wildman–Crippen MR) is 70.4 cm³/mol. The van der Waals surface area contributed by atoms with Gasteiger partial charge in [-0.05, 0) is 28.9 Å². The molecule has 94 valence electrons. The van der Waals surface area contributed by atoms with Gasteiger partial charge in [-0.15, -0.1) is 0 Å². The molecule has 2 rings (SSSR count). The molecule has 0 fully saturated rings. The van der Waals surface area contributed by atoms with Crippen LogP contribution in [0.25, 0.3) is 0 Å². The Morgan fingerprint density at radius 2 is 2.33 bits per heavy atom. The minimum atomic E-state index is -0.304. The summed E-state index contributed by atoms with van der Waals surface area (Å²) >= 11 is 3.25. The minimum Gasteiger partial charge on any atom is -0.308 e. The van der Waals surface area contributed by atoms with Crippen LogP contribution in [0.2, 0.25) is 0 Å². The van der Waals surface area contributed by atoms with E-state index in [4.69, 9.17) is 0 Å². The van der Waals surface area contributed by atoms with Crippen molar-refractivity contribution in [2.75, 3.05) is 5.32 Å². The third kappa shape index (κ3) is 3.07. The number of hydrogen-bond donors (Lipinski definition) is 2. The number of amides is 1. The van der Waals surface area contributed by atoms with Gasteiger partial charge in [0.25, 0.3) is 5.56 Å². The SMILES string of the molecule is Cc1cc(NC(=O)Cn2cc(Br)ccc2=O)n[nH]1. The van der Waals surface area contributed by atoms with Crippen molar-refractivity contribution < 1.29 is 4.79 Å². The molecule has 0 atom stereocenters. The topological polar surface area (TPSA) is 79.8 Å². The van der Waals surface area contributed by atoms with Crippen molar-refractivity contribution in [1.29, 1.82) is 0 Å². The van der Waals surface area contributed by atoms with Crippen molar-refractivity contribution in [2.45, 2.75) is 13.5 Å². The molecule has 1 amide bonds. The van der Waals surface area contributed by atoms with Crippen LogP contribution in [-0.2, 0) is 11.3 Å². The van der Waals surface area contributed by atoms with Crippen LogP contribution in [0.4, 0.5) is 5.82 Å². The Balaban J connectivity index is 2.07. The highest BCUT2D eigenvalue weighted by Gasteiger charge is 2.07. The molecule has 2 aromatic heterocycles. The summed E-state index contributed by atoms with van der Waals surface area (Å²) in [6, 6.07) is 4.74. The van der Waals surface area contributed by atoms with E-state index < -0.39 is 0 Å². The lowest BCUT2D eigenvalue weighted by Gasteiger charge is -2.05. The maximum absolute atomic E-state index is 11.7. The highest BCUT2D eigenvalue weighted by atomic mass is 79.9. The first kappa shape index (κ1) is 12.6. The van der Waals surface area contributed by atoms with Crippen molar-refractivity contribution in [3.8, 4) is 0 Å². The zero-order chi connectivity index (χ0) is 13.1. The number of rotatable bonds is 3. The van der Waals surface area contributed by atoms with Gasteiger partial charge in [-0.3, -0.25) is 14.7 Å². The van der Waals surface area contributed by atoms with E-state index in [1.54, 1.807) is 18.3 Å². The molecule has 0 radical (unpaired) electrons. The Kier molecular flexibility index (Phi) is 3.61. The first-order valence-electron chi connectivity index (χ1n) is 5.22. The average molecular weight is 311 g/mol. The molecule has 0 aromatic carbocycles. The lowest BCUT2D eigenvalue weighted by Crippen LogP contribution is -2.26. The number of carbonyl (C=O) groups is 1. The summed E-state index contributed by atoms with van der Waals surface area (Å²) in [6.45, 7) is 1.78. The molecule has 7 heteroatoms. The largest absolute Gasteiger partial charge is 0.308 e. The summed E-state index contributed by atoms with van der Waals surface area (Å²) < 4.78 is 2.06. The second kappa shape index (κ2) is 5.18. The Morgan fingerprint density at radius 1 is 1.56 bits per heavy atom. The quantitative estimate of drug-likeness (QED) is 0.896. The molecule has 0 spiro atoms. The van der Waals surface area contributed by atoms with Gasteiger partial charge in [-0.25, -0.2) is 0 Å². The number of aryl methyl sites for hydroxylation is 1. The van der Waals surface area contributed by atoms with Gasteiger partial charge in [0.15, 0.2) is 5.82 Å². The van der Waals surface area contributed by atoms with Gasteiger partial charge in [0, 0.05) is 28.5 Å². The van der Waals surface area contributed by atoms with Crippen LogP contribution in [0.5, 0.6) is 0 Å². The molecular formula is C11H11BrN4O2. The van der Waals surface area contributed by atoms with E-state index in [-0.39, 0.29) is 18.0 Å². The molecule has 0 aliphatic rings. The molecule has 0 bridgehead atoms. The number of aromatic nitrogens is 3. The van der Waals surface area contributed by atoms with Crippen molar-refractivity contribution >= 4 is 27.7 Å². The lowest BCUT2D eigenvalue weighted by atomic mass is 10.4. The standard InChI is InChI=1S/C11H11BrN4O2/c1-7-4-9(15-14-7)13-10(17)6-16-5-8(12)2-3-11(16)18/h2-5H,6H2,1H3,(H2,13,14,15,17). The Labute approximate surface area is 111 Å². The first-order chi connectivity index (χ1) is 8.54. The fraction of sp³-hybridized carbons (Fsp3) is 0.182. The summed E-state index contributed by atoms with van der Waals surface area (Å²) in [7, 11) is 0. The van der Waals surface area contributed by atoms with E-state index in [2.05, 4.69) is 31.4 Å². The van der Waals surface area contributed by atoms with E-state index in [0.29, 0.717) is 5.82 Å². The van der Waals surface area contributed by atoms with E-state index in [0.717, 1.165) is 10.2 Å². The number of nitrogens with one attached hydrogen (secondary N) is 2. The summed E-state index contributed by atoms with van der Waals surface area (Å²) in [5, 5.41) is 9.20. The highest BCUT2D eigenvalue weighted by Crippen LogP contribution is 2.06. The van der Waals surface area contributed by atoms with Gasteiger partial charge in [-0.2, -0.15) is 5.10 Å². The van der Waals surface area contributed by atoms with Crippen molar-refractivity contribution in [3.05, 3.63) is 44.9 Å². The number of nitrogens with zero attached hydrogens (tertiary/aromatic N) is 2. The molecule has 0 saturated carbocycles. The molecule has 2 N–H and O–H groups in total. The molecule has 0 aliphatic carbocycles. The summed E-state index contributed by atoms with van der Waals surface area (Å²) in [4.78, 5) is 23.2. The van der Waals surface area contributed by atoms with E-state index in [1.807, 2.05) is 6.92 Å². The van der Waals surface area contributed by atoms with Gasteiger partial charge in [0.1, 0.15) is 6.54 Å². The number of anilines is 1. The molecule has 2 heterocycles.